The van der Waals surface area contributed by atoms with Gasteiger partial charge in [0.05, 0.1) is 5.75 Å². The largest absolute Gasteiger partial charge is 0.399 e. The van der Waals surface area contributed by atoms with E-state index in [9.17, 15) is 8.42 Å². The van der Waals surface area contributed by atoms with Gasteiger partial charge in [0.25, 0.3) is 0 Å². The Morgan fingerprint density at radius 3 is 2.10 bits per heavy atom. The van der Waals surface area contributed by atoms with E-state index in [1.165, 1.54) is 0 Å². The first-order chi connectivity index (χ1) is 9.98. The lowest BCUT2D eigenvalue weighted by atomic mass is 10.1. The van der Waals surface area contributed by atoms with Gasteiger partial charge in [0, 0.05) is 18.0 Å². The molecule has 2 rings (SSSR count). The van der Waals surface area contributed by atoms with E-state index in [1.54, 1.807) is 48.5 Å². The minimum atomic E-state index is -3.47. The highest BCUT2D eigenvalue weighted by molar-refractivity contribution is 7.91. The summed E-state index contributed by atoms with van der Waals surface area (Å²) in [4.78, 5) is 0. The van der Waals surface area contributed by atoms with Crippen molar-refractivity contribution in [2.45, 2.75) is 12.2 Å². The average molecular weight is 306 g/mol. The molecule has 0 atom stereocenters. The highest BCUT2D eigenvalue weighted by Gasteiger charge is 2.11. The summed E-state index contributed by atoms with van der Waals surface area (Å²) in [6.45, 7) is 0.0716. The van der Waals surface area contributed by atoms with Crippen LogP contribution in [0.3, 0.4) is 0 Å². The second kappa shape index (κ2) is 6.60. The Kier molecular flexibility index (Phi) is 4.82. The maximum atomic E-state index is 12.1. The number of anilines is 2. The Hall–Kier alpha value is -2.05. The number of hydrogen-bond acceptors (Lipinski definition) is 4. The fourth-order valence-electron chi connectivity index (χ4n) is 1.92. The first-order valence-electron chi connectivity index (χ1n) is 6.53. The molecule has 0 unspecified atom stereocenters. The summed E-state index contributed by atoms with van der Waals surface area (Å²) in [7, 11) is -3.47. The van der Waals surface area contributed by atoms with Gasteiger partial charge in [0.2, 0.25) is 10.0 Å². The summed E-state index contributed by atoms with van der Waals surface area (Å²) in [6, 6.07) is 13.7. The van der Waals surface area contributed by atoms with E-state index in [2.05, 4.69) is 4.72 Å². The molecule has 6 heteroatoms. The van der Waals surface area contributed by atoms with Crippen molar-refractivity contribution in [3.63, 3.8) is 0 Å². The summed E-state index contributed by atoms with van der Waals surface area (Å²) in [6.07, 6.45) is 0.554. The van der Waals surface area contributed by atoms with Gasteiger partial charge in [-0.3, -0.25) is 4.72 Å². The number of nitrogen functional groups attached to an aromatic ring is 1. The number of aliphatic hydroxyl groups excluding tert-OH is 1. The molecule has 0 saturated carbocycles. The van der Waals surface area contributed by atoms with Crippen molar-refractivity contribution in [2.24, 2.45) is 0 Å². The predicted molar refractivity (Wildman–Crippen MR) is 84.3 cm³/mol. The van der Waals surface area contributed by atoms with E-state index in [1.807, 2.05) is 0 Å². The maximum Gasteiger partial charge on any atom is 0.236 e. The lowest BCUT2D eigenvalue weighted by Gasteiger charge is -2.09. The number of nitrogens with two attached hydrogens (primary N) is 1. The third kappa shape index (κ3) is 4.77. The number of nitrogens with one attached hydrogen (secondary N) is 1. The lowest BCUT2D eigenvalue weighted by molar-refractivity contribution is 0.299. The van der Waals surface area contributed by atoms with Gasteiger partial charge < -0.3 is 10.8 Å². The van der Waals surface area contributed by atoms with Crippen molar-refractivity contribution >= 4 is 21.4 Å². The van der Waals surface area contributed by atoms with E-state index < -0.39 is 10.0 Å². The van der Waals surface area contributed by atoms with Crippen LogP contribution >= 0.6 is 0 Å². The Balaban J connectivity index is 2.04. The normalized spacial score (nSPS) is 11.3. The highest BCUT2D eigenvalue weighted by Crippen LogP contribution is 2.15. The Morgan fingerprint density at radius 1 is 0.952 bits per heavy atom. The molecule has 0 saturated heterocycles. The maximum absolute atomic E-state index is 12.1. The van der Waals surface area contributed by atoms with Crippen molar-refractivity contribution in [3.05, 3.63) is 59.7 Å². The molecule has 0 aliphatic carbocycles. The molecular formula is C15H18N2O3S. The summed E-state index contributed by atoms with van der Waals surface area (Å²) < 4.78 is 26.7. The number of benzene rings is 2. The molecule has 0 fully saturated rings. The van der Waals surface area contributed by atoms with Gasteiger partial charge in [-0.05, 0) is 41.8 Å². The molecule has 0 heterocycles. The zero-order valence-electron chi connectivity index (χ0n) is 11.5. The predicted octanol–water partition coefficient (Wildman–Crippen LogP) is 1.75. The van der Waals surface area contributed by atoms with Crippen molar-refractivity contribution in [2.75, 3.05) is 17.1 Å². The molecule has 0 amide bonds. The molecular weight excluding hydrogens is 288 g/mol. The standard InChI is InChI=1S/C15H18N2O3S/c16-14-5-1-13(2-6-14)11-21(19,20)17-15-7-3-12(4-8-15)9-10-18/h1-8,17-18H,9-11,16H2. The summed E-state index contributed by atoms with van der Waals surface area (Å²) in [5, 5.41) is 8.84. The van der Waals surface area contributed by atoms with Gasteiger partial charge in [-0.25, -0.2) is 8.42 Å². The van der Waals surface area contributed by atoms with Crippen molar-refractivity contribution in [1.29, 1.82) is 0 Å². The highest BCUT2D eigenvalue weighted by atomic mass is 32.2. The molecule has 21 heavy (non-hydrogen) atoms. The van der Waals surface area contributed by atoms with Gasteiger partial charge in [0.1, 0.15) is 0 Å². The zero-order valence-corrected chi connectivity index (χ0v) is 12.3. The van der Waals surface area contributed by atoms with Crippen LogP contribution in [0.4, 0.5) is 11.4 Å². The van der Waals surface area contributed by atoms with E-state index in [-0.39, 0.29) is 12.4 Å². The van der Waals surface area contributed by atoms with Crippen LogP contribution in [0.2, 0.25) is 0 Å². The lowest BCUT2D eigenvalue weighted by Crippen LogP contribution is -2.15. The van der Waals surface area contributed by atoms with Crippen LogP contribution in [0.5, 0.6) is 0 Å². The Morgan fingerprint density at radius 2 is 1.52 bits per heavy atom. The Bertz CT molecular complexity index is 680. The van der Waals surface area contributed by atoms with Crippen LogP contribution in [-0.2, 0) is 22.2 Å². The first-order valence-corrected chi connectivity index (χ1v) is 8.18. The molecule has 112 valence electrons. The Labute approximate surface area is 124 Å². The number of rotatable bonds is 6. The molecule has 0 aliphatic rings. The van der Waals surface area contributed by atoms with E-state index in [0.717, 1.165) is 5.56 Å². The van der Waals surface area contributed by atoms with Gasteiger partial charge in [-0.1, -0.05) is 24.3 Å². The average Bonchev–Trinajstić information content (AvgIpc) is 2.43. The van der Waals surface area contributed by atoms with Crippen LogP contribution in [-0.4, -0.2) is 20.1 Å². The van der Waals surface area contributed by atoms with Crippen molar-refractivity contribution in [3.8, 4) is 0 Å². The zero-order chi connectivity index (χ0) is 15.3. The van der Waals surface area contributed by atoms with Crippen molar-refractivity contribution in [1.82, 2.24) is 0 Å². The molecule has 0 bridgehead atoms. The van der Waals surface area contributed by atoms with Crippen LogP contribution in [0, 0.1) is 0 Å². The number of aliphatic hydroxyl groups is 1. The van der Waals surface area contributed by atoms with Crippen LogP contribution in [0.25, 0.3) is 0 Å². The number of hydrogen-bond donors (Lipinski definition) is 3. The third-order valence-corrected chi connectivity index (χ3v) is 4.22. The van der Waals surface area contributed by atoms with E-state index >= 15 is 0 Å². The van der Waals surface area contributed by atoms with Crippen LogP contribution in [0.1, 0.15) is 11.1 Å². The first kappa shape index (κ1) is 15.3. The second-order valence-electron chi connectivity index (χ2n) is 4.77. The van der Waals surface area contributed by atoms with Gasteiger partial charge >= 0.3 is 0 Å². The topological polar surface area (TPSA) is 92.4 Å². The van der Waals surface area contributed by atoms with Gasteiger partial charge in [0.15, 0.2) is 0 Å². The summed E-state index contributed by atoms with van der Waals surface area (Å²) in [5.41, 5.74) is 8.31. The molecule has 5 nitrogen and oxygen atoms in total. The van der Waals surface area contributed by atoms with Gasteiger partial charge in [-0.2, -0.15) is 0 Å². The molecule has 0 aliphatic heterocycles. The molecule has 2 aromatic rings. The minimum Gasteiger partial charge on any atom is -0.399 e. The summed E-state index contributed by atoms with van der Waals surface area (Å²) in [5.74, 6) is -0.105. The fraction of sp³-hybridized carbons (Fsp3) is 0.200. The minimum absolute atomic E-state index is 0.0716. The molecule has 0 aromatic heterocycles. The smallest absolute Gasteiger partial charge is 0.236 e. The van der Waals surface area contributed by atoms with Crippen LogP contribution < -0.4 is 10.5 Å². The SMILES string of the molecule is Nc1ccc(CS(=O)(=O)Nc2ccc(CCO)cc2)cc1. The van der Waals surface area contributed by atoms with Gasteiger partial charge in [-0.15, -0.1) is 0 Å². The van der Waals surface area contributed by atoms with E-state index in [0.29, 0.717) is 23.4 Å². The fourth-order valence-corrected chi connectivity index (χ4v) is 3.12. The summed E-state index contributed by atoms with van der Waals surface area (Å²) >= 11 is 0. The van der Waals surface area contributed by atoms with Crippen LogP contribution in [0.15, 0.2) is 48.5 Å². The quantitative estimate of drug-likeness (QED) is 0.709. The monoisotopic (exact) mass is 306 g/mol. The second-order valence-corrected chi connectivity index (χ2v) is 6.50. The molecule has 4 N–H and O–H groups in total. The molecule has 2 aromatic carbocycles. The van der Waals surface area contributed by atoms with E-state index in [4.69, 9.17) is 10.8 Å². The molecule has 0 spiro atoms. The third-order valence-electron chi connectivity index (χ3n) is 2.96. The van der Waals surface area contributed by atoms with Crippen molar-refractivity contribution < 1.29 is 13.5 Å². The number of sulfonamides is 1. The molecule has 0 radical (unpaired) electrons.